The van der Waals surface area contributed by atoms with Gasteiger partial charge in [-0.25, -0.2) is 13.2 Å². The first-order valence-electron chi connectivity index (χ1n) is 12.3. The van der Waals surface area contributed by atoms with Crippen molar-refractivity contribution >= 4 is 22.9 Å². The van der Waals surface area contributed by atoms with E-state index in [0.717, 1.165) is 24.4 Å². The highest BCUT2D eigenvalue weighted by atomic mass is 19.1. The summed E-state index contributed by atoms with van der Waals surface area (Å²) in [6.45, 7) is 2.20. The van der Waals surface area contributed by atoms with Gasteiger partial charge in [0.05, 0.1) is 32.0 Å². The Kier molecular flexibility index (Phi) is 8.98. The molecule has 2 aromatic carbocycles. The molecular formula is C28H30F3N3O4. The molecule has 3 aromatic rings. The SMILES string of the molecule is COC(=O)[C@H]1CN(C/C=C/c2cc(F)ccc2F)CCN1CCC(O)c1c(F)cnc2ccc(OC)cc12. The van der Waals surface area contributed by atoms with Crippen LogP contribution in [0.15, 0.2) is 48.7 Å². The maximum Gasteiger partial charge on any atom is 0.324 e. The Morgan fingerprint density at radius 2 is 1.97 bits per heavy atom. The van der Waals surface area contributed by atoms with Crippen molar-refractivity contribution in [2.24, 2.45) is 0 Å². The van der Waals surface area contributed by atoms with Crippen LogP contribution in [0.2, 0.25) is 0 Å². The van der Waals surface area contributed by atoms with Crippen molar-refractivity contribution in [2.45, 2.75) is 18.6 Å². The lowest BCUT2D eigenvalue weighted by atomic mass is 10.00. The molecule has 1 saturated heterocycles. The molecule has 0 bridgehead atoms. The van der Waals surface area contributed by atoms with Crippen LogP contribution >= 0.6 is 0 Å². The number of hydrogen-bond acceptors (Lipinski definition) is 7. The molecule has 0 aliphatic carbocycles. The number of ether oxygens (including phenoxy) is 2. The zero-order chi connectivity index (χ0) is 27.2. The molecule has 202 valence electrons. The van der Waals surface area contributed by atoms with Crippen molar-refractivity contribution in [1.29, 1.82) is 0 Å². The van der Waals surface area contributed by atoms with Crippen LogP contribution in [-0.2, 0) is 9.53 Å². The minimum absolute atomic E-state index is 0.136. The van der Waals surface area contributed by atoms with E-state index in [1.54, 1.807) is 24.3 Å². The number of carbonyl (C=O) groups is 1. The van der Waals surface area contributed by atoms with E-state index < -0.39 is 35.6 Å². The third-order valence-electron chi connectivity index (χ3n) is 6.76. The van der Waals surface area contributed by atoms with Gasteiger partial charge in [0, 0.05) is 49.2 Å². The molecule has 0 radical (unpaired) electrons. The van der Waals surface area contributed by atoms with Gasteiger partial charge < -0.3 is 14.6 Å². The molecule has 1 aliphatic heterocycles. The van der Waals surface area contributed by atoms with E-state index >= 15 is 0 Å². The number of fused-ring (bicyclic) bond motifs is 1. The number of nitrogens with zero attached hydrogens (tertiary/aromatic N) is 3. The number of aliphatic hydroxyl groups is 1. The molecule has 0 saturated carbocycles. The first-order valence-corrected chi connectivity index (χ1v) is 12.3. The van der Waals surface area contributed by atoms with Crippen LogP contribution in [0, 0.1) is 17.5 Å². The van der Waals surface area contributed by atoms with E-state index in [1.165, 1.54) is 20.3 Å². The standard InChI is InChI=1S/C28H30F3N3O4/c1-37-20-6-8-24-21(15-20)27(23(31)16-32-24)26(35)9-11-34-13-12-33(17-25(34)28(36)38-2)10-3-4-18-14-19(29)5-7-22(18)30/h3-8,14-16,25-26,35H,9-13,17H2,1-2H3/b4-3+/t25-,26?/m1/s1. The molecule has 7 nitrogen and oxygen atoms in total. The third-order valence-corrected chi connectivity index (χ3v) is 6.76. The molecule has 1 N–H and O–H groups in total. The first-order chi connectivity index (χ1) is 18.3. The Morgan fingerprint density at radius 1 is 1.16 bits per heavy atom. The molecule has 4 rings (SSSR count). The minimum atomic E-state index is -1.13. The predicted molar refractivity (Wildman–Crippen MR) is 137 cm³/mol. The maximum atomic E-state index is 14.8. The summed E-state index contributed by atoms with van der Waals surface area (Å²) in [6, 6.07) is 7.72. The lowest BCUT2D eigenvalue weighted by Crippen LogP contribution is -2.56. The second kappa shape index (κ2) is 12.4. The van der Waals surface area contributed by atoms with Gasteiger partial charge in [0.15, 0.2) is 0 Å². The topological polar surface area (TPSA) is 75.1 Å². The number of aliphatic hydroxyl groups excluding tert-OH is 1. The Hall–Kier alpha value is -3.47. The predicted octanol–water partition coefficient (Wildman–Crippen LogP) is 3.96. The number of carbonyl (C=O) groups excluding carboxylic acids is 1. The Labute approximate surface area is 219 Å². The van der Waals surface area contributed by atoms with Gasteiger partial charge in [-0.05, 0) is 42.8 Å². The second-order valence-electron chi connectivity index (χ2n) is 9.11. The van der Waals surface area contributed by atoms with Gasteiger partial charge >= 0.3 is 5.97 Å². The number of piperazine rings is 1. The minimum Gasteiger partial charge on any atom is -0.497 e. The average Bonchev–Trinajstić information content (AvgIpc) is 2.93. The summed E-state index contributed by atoms with van der Waals surface area (Å²) in [6.07, 6.45) is 3.37. The fraction of sp³-hybridized carbons (Fsp3) is 0.357. The normalized spacial score (nSPS) is 17.7. The van der Waals surface area contributed by atoms with E-state index in [2.05, 4.69) is 4.98 Å². The monoisotopic (exact) mass is 529 g/mol. The number of rotatable bonds is 9. The molecule has 10 heteroatoms. The molecule has 2 atom stereocenters. The van der Waals surface area contributed by atoms with Crippen LogP contribution in [0.25, 0.3) is 17.0 Å². The van der Waals surface area contributed by atoms with Gasteiger partial charge in [-0.1, -0.05) is 12.2 Å². The second-order valence-corrected chi connectivity index (χ2v) is 9.11. The molecule has 1 aliphatic rings. The fourth-order valence-corrected chi connectivity index (χ4v) is 4.71. The summed E-state index contributed by atoms with van der Waals surface area (Å²) in [7, 11) is 2.82. The maximum absolute atomic E-state index is 14.8. The van der Waals surface area contributed by atoms with Crippen LogP contribution in [0.3, 0.4) is 0 Å². The number of halogens is 3. The quantitative estimate of drug-likeness (QED) is 0.421. The van der Waals surface area contributed by atoms with E-state index in [0.29, 0.717) is 49.4 Å². The van der Waals surface area contributed by atoms with Gasteiger partial charge in [-0.2, -0.15) is 0 Å². The van der Waals surface area contributed by atoms with Crippen molar-refractivity contribution in [3.05, 3.63) is 77.2 Å². The molecular weight excluding hydrogens is 499 g/mol. The molecule has 38 heavy (non-hydrogen) atoms. The van der Waals surface area contributed by atoms with Gasteiger partial charge in [-0.3, -0.25) is 19.6 Å². The van der Waals surface area contributed by atoms with Gasteiger partial charge in [-0.15, -0.1) is 0 Å². The number of esters is 1. The molecule has 2 heterocycles. The molecule has 1 fully saturated rings. The highest BCUT2D eigenvalue weighted by Crippen LogP contribution is 2.31. The van der Waals surface area contributed by atoms with Crippen molar-refractivity contribution in [2.75, 3.05) is 46.9 Å². The highest BCUT2D eigenvalue weighted by Gasteiger charge is 2.33. The fourth-order valence-electron chi connectivity index (χ4n) is 4.71. The highest BCUT2D eigenvalue weighted by molar-refractivity contribution is 5.84. The lowest BCUT2D eigenvalue weighted by Gasteiger charge is -2.39. The van der Waals surface area contributed by atoms with Crippen molar-refractivity contribution in [3.8, 4) is 5.75 Å². The van der Waals surface area contributed by atoms with Crippen LogP contribution in [0.1, 0.15) is 23.7 Å². The number of benzene rings is 2. The van der Waals surface area contributed by atoms with Gasteiger partial charge in [0.2, 0.25) is 0 Å². The van der Waals surface area contributed by atoms with Gasteiger partial charge in [0.1, 0.15) is 29.2 Å². The lowest BCUT2D eigenvalue weighted by molar-refractivity contribution is -0.149. The Balaban J connectivity index is 1.42. The number of hydrogen-bond donors (Lipinski definition) is 1. The summed E-state index contributed by atoms with van der Waals surface area (Å²) in [5.41, 5.74) is 0.820. The van der Waals surface area contributed by atoms with Crippen LogP contribution in [0.4, 0.5) is 13.2 Å². The molecule has 1 aromatic heterocycles. The van der Waals surface area contributed by atoms with Crippen LogP contribution in [0.5, 0.6) is 5.75 Å². The molecule has 0 spiro atoms. The number of aromatic nitrogens is 1. The van der Waals surface area contributed by atoms with Crippen LogP contribution in [-0.4, -0.2) is 78.8 Å². The third kappa shape index (κ3) is 6.32. The van der Waals surface area contributed by atoms with E-state index in [4.69, 9.17) is 9.47 Å². The van der Waals surface area contributed by atoms with E-state index in [9.17, 15) is 23.1 Å². The van der Waals surface area contributed by atoms with Crippen molar-refractivity contribution in [3.63, 3.8) is 0 Å². The van der Waals surface area contributed by atoms with Crippen molar-refractivity contribution in [1.82, 2.24) is 14.8 Å². The summed E-state index contributed by atoms with van der Waals surface area (Å²) in [5.74, 6) is -1.56. The largest absolute Gasteiger partial charge is 0.497 e. The number of pyridine rings is 1. The average molecular weight is 530 g/mol. The summed E-state index contributed by atoms with van der Waals surface area (Å²) < 4.78 is 52.3. The first kappa shape index (κ1) is 27.6. The Morgan fingerprint density at radius 3 is 2.74 bits per heavy atom. The van der Waals surface area contributed by atoms with Crippen LogP contribution < -0.4 is 4.74 Å². The molecule has 1 unspecified atom stereocenters. The number of methoxy groups -OCH3 is 2. The smallest absolute Gasteiger partial charge is 0.324 e. The van der Waals surface area contributed by atoms with E-state index in [1.807, 2.05) is 9.80 Å². The zero-order valence-corrected chi connectivity index (χ0v) is 21.2. The summed E-state index contributed by atoms with van der Waals surface area (Å²) in [4.78, 5) is 20.6. The Bertz CT molecular complexity index is 1320. The summed E-state index contributed by atoms with van der Waals surface area (Å²) in [5, 5.41) is 11.4. The van der Waals surface area contributed by atoms with E-state index in [-0.39, 0.29) is 17.5 Å². The van der Waals surface area contributed by atoms with Crippen molar-refractivity contribution < 1.29 is 32.5 Å². The summed E-state index contributed by atoms with van der Waals surface area (Å²) >= 11 is 0. The molecule has 0 amide bonds. The zero-order valence-electron chi connectivity index (χ0n) is 21.2. The van der Waals surface area contributed by atoms with Gasteiger partial charge in [0.25, 0.3) is 0 Å².